The number of nitrogens with zero attached hydrogens (tertiary/aromatic N) is 1. The van der Waals surface area contributed by atoms with Crippen LogP contribution in [0.25, 0.3) is 10.9 Å². The van der Waals surface area contributed by atoms with E-state index in [0.717, 1.165) is 23.3 Å². The average molecular weight is 217 g/mol. The van der Waals surface area contributed by atoms with Crippen LogP contribution < -0.4 is 4.74 Å². The van der Waals surface area contributed by atoms with Crippen molar-refractivity contribution in [3.05, 3.63) is 36.5 Å². The maximum atomic E-state index is 5.53. The predicted molar refractivity (Wildman–Crippen MR) is 63.7 cm³/mol. The minimum atomic E-state index is 0.563. The van der Waals surface area contributed by atoms with Gasteiger partial charge in [-0.1, -0.05) is 18.2 Å². The maximum absolute atomic E-state index is 5.53. The molecule has 0 radical (unpaired) electrons. The minimum absolute atomic E-state index is 0.563. The Morgan fingerprint density at radius 3 is 2.94 bits per heavy atom. The van der Waals surface area contributed by atoms with Crippen LogP contribution in [-0.4, -0.2) is 24.8 Å². The first-order valence-corrected chi connectivity index (χ1v) is 5.45. The van der Waals surface area contributed by atoms with Crippen molar-refractivity contribution in [1.82, 2.24) is 4.98 Å². The second-order valence-electron chi connectivity index (χ2n) is 3.41. The highest BCUT2D eigenvalue weighted by Crippen LogP contribution is 2.17. The van der Waals surface area contributed by atoms with Crippen LogP contribution in [0.5, 0.6) is 5.75 Å². The molecule has 16 heavy (non-hydrogen) atoms. The van der Waals surface area contributed by atoms with Crippen LogP contribution in [0.4, 0.5) is 0 Å². The lowest BCUT2D eigenvalue weighted by molar-refractivity contribution is 0.110. The zero-order chi connectivity index (χ0) is 11.2. The summed E-state index contributed by atoms with van der Waals surface area (Å²) in [5.74, 6) is 0.790. The number of fused-ring (bicyclic) bond motifs is 1. The summed E-state index contributed by atoms with van der Waals surface area (Å²) < 4.78 is 10.7. The lowest BCUT2D eigenvalue weighted by atomic mass is 10.2. The van der Waals surface area contributed by atoms with Crippen molar-refractivity contribution in [1.29, 1.82) is 0 Å². The molecular formula is C13H15NO2. The topological polar surface area (TPSA) is 31.4 Å². The van der Waals surface area contributed by atoms with E-state index in [9.17, 15) is 0 Å². The second kappa shape index (κ2) is 5.47. The van der Waals surface area contributed by atoms with Gasteiger partial charge in [0.15, 0.2) is 0 Å². The molecule has 1 aromatic carbocycles. The Morgan fingerprint density at radius 2 is 2.06 bits per heavy atom. The summed E-state index contributed by atoms with van der Waals surface area (Å²) >= 11 is 0. The molecule has 1 aromatic heterocycles. The van der Waals surface area contributed by atoms with E-state index in [1.807, 2.05) is 37.3 Å². The second-order valence-corrected chi connectivity index (χ2v) is 3.41. The van der Waals surface area contributed by atoms with Gasteiger partial charge >= 0.3 is 0 Å². The maximum Gasteiger partial charge on any atom is 0.138 e. The Labute approximate surface area is 95.0 Å². The van der Waals surface area contributed by atoms with Crippen molar-refractivity contribution in [2.24, 2.45) is 0 Å². The largest absolute Gasteiger partial charge is 0.490 e. The van der Waals surface area contributed by atoms with Crippen molar-refractivity contribution < 1.29 is 9.47 Å². The molecule has 0 saturated carbocycles. The van der Waals surface area contributed by atoms with Gasteiger partial charge in [0.1, 0.15) is 12.4 Å². The molecule has 0 spiro atoms. The fourth-order valence-electron chi connectivity index (χ4n) is 1.49. The molecule has 0 N–H and O–H groups in total. The van der Waals surface area contributed by atoms with Crippen molar-refractivity contribution in [2.75, 3.05) is 19.8 Å². The van der Waals surface area contributed by atoms with E-state index in [0.29, 0.717) is 13.2 Å². The van der Waals surface area contributed by atoms with E-state index in [4.69, 9.17) is 9.47 Å². The molecule has 0 bridgehead atoms. The van der Waals surface area contributed by atoms with Gasteiger partial charge in [0.05, 0.1) is 18.3 Å². The molecule has 2 rings (SSSR count). The van der Waals surface area contributed by atoms with E-state index in [1.165, 1.54) is 0 Å². The minimum Gasteiger partial charge on any atom is -0.490 e. The number of pyridine rings is 1. The van der Waals surface area contributed by atoms with Crippen LogP contribution in [0.2, 0.25) is 0 Å². The van der Waals surface area contributed by atoms with Crippen molar-refractivity contribution in [3.63, 3.8) is 0 Å². The smallest absolute Gasteiger partial charge is 0.138 e. The third kappa shape index (κ3) is 2.70. The summed E-state index contributed by atoms with van der Waals surface area (Å²) in [6.45, 7) is 3.87. The number of hydrogen-bond acceptors (Lipinski definition) is 3. The lowest BCUT2D eigenvalue weighted by Crippen LogP contribution is -2.06. The fourth-order valence-corrected chi connectivity index (χ4v) is 1.49. The molecule has 84 valence electrons. The number of aromatic nitrogens is 1. The van der Waals surface area contributed by atoms with E-state index in [2.05, 4.69) is 4.98 Å². The predicted octanol–water partition coefficient (Wildman–Crippen LogP) is 2.65. The highest BCUT2D eigenvalue weighted by molar-refractivity contribution is 5.79. The summed E-state index contributed by atoms with van der Waals surface area (Å²) in [7, 11) is 0. The van der Waals surface area contributed by atoms with E-state index in [1.54, 1.807) is 6.20 Å². The molecule has 3 heteroatoms. The quantitative estimate of drug-likeness (QED) is 0.721. The van der Waals surface area contributed by atoms with Gasteiger partial charge in [0.2, 0.25) is 0 Å². The van der Waals surface area contributed by atoms with Crippen LogP contribution in [0.15, 0.2) is 36.5 Å². The third-order valence-corrected chi connectivity index (χ3v) is 2.27. The molecule has 1 heterocycles. The van der Waals surface area contributed by atoms with Crippen LogP contribution in [0, 0.1) is 0 Å². The van der Waals surface area contributed by atoms with Crippen molar-refractivity contribution in [3.8, 4) is 5.75 Å². The monoisotopic (exact) mass is 217 g/mol. The number of benzene rings is 1. The first-order valence-electron chi connectivity index (χ1n) is 5.45. The Kier molecular flexibility index (Phi) is 3.72. The van der Waals surface area contributed by atoms with Gasteiger partial charge in [-0.2, -0.15) is 0 Å². The molecule has 0 unspecified atom stereocenters. The molecule has 0 saturated heterocycles. The van der Waals surface area contributed by atoms with Gasteiger partial charge in [-0.3, -0.25) is 4.98 Å². The molecule has 0 aliphatic heterocycles. The van der Waals surface area contributed by atoms with Crippen LogP contribution >= 0.6 is 0 Å². The molecule has 0 aliphatic rings. The Bertz CT molecular complexity index is 456. The third-order valence-electron chi connectivity index (χ3n) is 2.27. The Hall–Kier alpha value is -1.61. The highest BCUT2D eigenvalue weighted by Gasteiger charge is 1.97. The zero-order valence-corrected chi connectivity index (χ0v) is 9.35. The van der Waals surface area contributed by atoms with Crippen LogP contribution in [0.3, 0.4) is 0 Å². The number of ether oxygens (including phenoxy) is 2. The first kappa shape index (κ1) is 10.9. The molecule has 0 aliphatic carbocycles. The summed E-state index contributed by atoms with van der Waals surface area (Å²) in [4.78, 5) is 4.31. The van der Waals surface area contributed by atoms with E-state index in [-0.39, 0.29) is 0 Å². The van der Waals surface area contributed by atoms with E-state index < -0.39 is 0 Å². The van der Waals surface area contributed by atoms with Crippen molar-refractivity contribution in [2.45, 2.75) is 6.92 Å². The molecular weight excluding hydrogens is 202 g/mol. The zero-order valence-electron chi connectivity index (χ0n) is 9.35. The van der Waals surface area contributed by atoms with Gasteiger partial charge in [-0.15, -0.1) is 0 Å². The summed E-state index contributed by atoms with van der Waals surface area (Å²) in [5, 5.41) is 1.09. The van der Waals surface area contributed by atoms with Gasteiger partial charge in [0.25, 0.3) is 0 Å². The van der Waals surface area contributed by atoms with Crippen LogP contribution in [-0.2, 0) is 4.74 Å². The molecule has 3 nitrogen and oxygen atoms in total. The summed E-state index contributed by atoms with van der Waals surface area (Å²) in [5.41, 5.74) is 0.986. The molecule has 0 fully saturated rings. The fraction of sp³-hybridized carbons (Fsp3) is 0.308. The lowest BCUT2D eigenvalue weighted by Gasteiger charge is -2.06. The van der Waals surface area contributed by atoms with Gasteiger partial charge in [0, 0.05) is 12.0 Å². The van der Waals surface area contributed by atoms with Crippen molar-refractivity contribution >= 4 is 10.9 Å². The summed E-state index contributed by atoms with van der Waals surface area (Å²) in [6, 6.07) is 9.98. The average Bonchev–Trinajstić information content (AvgIpc) is 2.34. The Balaban J connectivity index is 2.02. The molecule has 0 atom stereocenters. The summed E-state index contributed by atoms with van der Waals surface area (Å²) in [6.07, 6.45) is 1.74. The standard InChI is InChI=1S/C13H15NO2/c1-2-15-7-8-16-12-9-11-5-3-4-6-13(11)14-10-12/h3-6,9-10H,2,7-8H2,1H3. The highest BCUT2D eigenvalue weighted by atomic mass is 16.5. The number of para-hydroxylation sites is 1. The SMILES string of the molecule is CCOCCOc1cnc2ccccc2c1. The Morgan fingerprint density at radius 1 is 1.19 bits per heavy atom. The van der Waals surface area contributed by atoms with E-state index >= 15 is 0 Å². The number of hydrogen-bond donors (Lipinski definition) is 0. The van der Waals surface area contributed by atoms with Gasteiger partial charge in [-0.05, 0) is 19.1 Å². The molecule has 2 aromatic rings. The van der Waals surface area contributed by atoms with Gasteiger partial charge in [-0.25, -0.2) is 0 Å². The first-order chi connectivity index (χ1) is 7.90. The van der Waals surface area contributed by atoms with Gasteiger partial charge < -0.3 is 9.47 Å². The normalized spacial score (nSPS) is 10.6. The van der Waals surface area contributed by atoms with Crippen LogP contribution in [0.1, 0.15) is 6.92 Å². The molecule has 0 amide bonds. The number of rotatable bonds is 5.